The molecule has 2 aromatic rings. The van der Waals surface area contributed by atoms with Gasteiger partial charge in [-0.05, 0) is 23.3 Å². The van der Waals surface area contributed by atoms with Gasteiger partial charge in [-0.2, -0.15) is 0 Å². The molecule has 0 bridgehead atoms. The summed E-state index contributed by atoms with van der Waals surface area (Å²) in [4.78, 5) is 10.8. The highest BCUT2D eigenvalue weighted by atomic mass is 32.2. The Morgan fingerprint density at radius 3 is 2.39 bits per heavy atom. The van der Waals surface area contributed by atoms with Gasteiger partial charge in [-0.3, -0.25) is 4.79 Å². The van der Waals surface area contributed by atoms with E-state index in [1.54, 1.807) is 6.07 Å². The Kier molecular flexibility index (Phi) is 3.86. The van der Waals surface area contributed by atoms with Crippen LogP contribution in [0.1, 0.15) is 10.4 Å². The van der Waals surface area contributed by atoms with Crippen LogP contribution in [-0.2, 0) is 11.4 Å². The fraction of sp³-hybridized carbons (Fsp3) is 0. The van der Waals surface area contributed by atoms with Crippen molar-refractivity contribution in [2.75, 3.05) is 0 Å². The summed E-state index contributed by atoms with van der Waals surface area (Å²) in [6.07, 6.45) is 0.553. The Morgan fingerprint density at radius 1 is 1.06 bits per heavy atom. The van der Waals surface area contributed by atoms with Crippen molar-refractivity contribution in [1.82, 2.24) is 0 Å². The van der Waals surface area contributed by atoms with E-state index < -0.39 is 11.4 Å². The Balaban J connectivity index is 2.45. The maximum Gasteiger partial charge on any atom is 0.153 e. The standard InChI is InChI=1S/C13H10O4S/c14-9-12-7-6-11(8-13(12)17-18(15)16)10-4-2-1-3-5-10/h1-9H,(H,15,16)/p-1. The summed E-state index contributed by atoms with van der Waals surface area (Å²) in [6, 6.07) is 14.2. The molecule has 0 aromatic heterocycles. The summed E-state index contributed by atoms with van der Waals surface area (Å²) >= 11 is -2.70. The van der Waals surface area contributed by atoms with Gasteiger partial charge in [0.15, 0.2) is 6.29 Å². The predicted molar refractivity (Wildman–Crippen MR) is 66.8 cm³/mol. The van der Waals surface area contributed by atoms with Crippen molar-refractivity contribution < 1.29 is 17.7 Å². The van der Waals surface area contributed by atoms with E-state index in [4.69, 9.17) is 0 Å². The third-order valence-corrected chi connectivity index (χ3v) is 2.72. The lowest BCUT2D eigenvalue weighted by atomic mass is 10.0. The van der Waals surface area contributed by atoms with E-state index in [9.17, 15) is 13.6 Å². The number of carbonyl (C=O) groups is 1. The molecule has 0 radical (unpaired) electrons. The molecular weight excluding hydrogens is 252 g/mol. The minimum Gasteiger partial charge on any atom is -0.740 e. The van der Waals surface area contributed by atoms with E-state index >= 15 is 0 Å². The maximum absolute atomic E-state index is 10.8. The maximum atomic E-state index is 10.8. The van der Waals surface area contributed by atoms with Crippen LogP contribution < -0.4 is 4.18 Å². The second-order valence-electron chi connectivity index (χ2n) is 3.52. The molecule has 1 unspecified atom stereocenters. The Bertz CT molecular complexity index is 581. The van der Waals surface area contributed by atoms with E-state index in [2.05, 4.69) is 4.18 Å². The summed E-state index contributed by atoms with van der Waals surface area (Å²) in [6.45, 7) is 0. The van der Waals surface area contributed by atoms with Gasteiger partial charge in [-0.15, -0.1) is 0 Å². The molecule has 0 saturated heterocycles. The Morgan fingerprint density at radius 2 is 1.78 bits per heavy atom. The van der Waals surface area contributed by atoms with Crippen LogP contribution in [0.25, 0.3) is 11.1 Å². The first kappa shape index (κ1) is 12.5. The van der Waals surface area contributed by atoms with Crippen LogP contribution in [0.4, 0.5) is 0 Å². The lowest BCUT2D eigenvalue weighted by Crippen LogP contribution is -2.00. The highest BCUT2D eigenvalue weighted by Gasteiger charge is 2.06. The fourth-order valence-electron chi connectivity index (χ4n) is 1.59. The molecule has 0 aliphatic heterocycles. The highest BCUT2D eigenvalue weighted by Crippen LogP contribution is 2.26. The van der Waals surface area contributed by atoms with Gasteiger partial charge >= 0.3 is 0 Å². The molecule has 0 aliphatic carbocycles. The summed E-state index contributed by atoms with van der Waals surface area (Å²) in [5.41, 5.74) is 1.89. The first-order valence-corrected chi connectivity index (χ1v) is 6.13. The van der Waals surface area contributed by atoms with Gasteiger partial charge in [0.1, 0.15) is 17.1 Å². The van der Waals surface area contributed by atoms with Crippen molar-refractivity contribution in [3.05, 3.63) is 54.1 Å². The average molecular weight is 261 g/mol. The number of hydrogen-bond donors (Lipinski definition) is 0. The zero-order valence-corrected chi connectivity index (χ0v) is 10.1. The molecular formula is C13H9O4S-. The largest absolute Gasteiger partial charge is 0.740 e. The predicted octanol–water partition coefficient (Wildman–Crippen LogP) is 2.34. The first-order valence-electron chi connectivity index (χ1n) is 5.13. The SMILES string of the molecule is O=Cc1ccc(-c2ccccc2)cc1OS(=O)[O-]. The van der Waals surface area contributed by atoms with E-state index in [1.165, 1.54) is 12.1 Å². The zero-order valence-electron chi connectivity index (χ0n) is 9.24. The van der Waals surface area contributed by atoms with Crippen LogP contribution in [-0.4, -0.2) is 15.0 Å². The normalized spacial score (nSPS) is 11.8. The van der Waals surface area contributed by atoms with E-state index in [-0.39, 0.29) is 11.3 Å². The van der Waals surface area contributed by atoms with Gasteiger partial charge in [0.25, 0.3) is 0 Å². The number of hydrogen-bond acceptors (Lipinski definition) is 4. The number of benzene rings is 2. The Labute approximate surface area is 107 Å². The fourth-order valence-corrected chi connectivity index (χ4v) is 1.88. The third kappa shape index (κ3) is 2.82. The third-order valence-electron chi connectivity index (χ3n) is 2.41. The van der Waals surface area contributed by atoms with Gasteiger partial charge in [0.2, 0.25) is 0 Å². The second kappa shape index (κ2) is 5.57. The van der Waals surface area contributed by atoms with Crippen LogP contribution in [0.2, 0.25) is 0 Å². The highest BCUT2D eigenvalue weighted by molar-refractivity contribution is 7.74. The molecule has 0 aliphatic rings. The molecule has 0 fully saturated rings. The summed E-state index contributed by atoms with van der Waals surface area (Å²) in [7, 11) is 0. The quantitative estimate of drug-likeness (QED) is 0.626. The topological polar surface area (TPSA) is 66.4 Å². The molecule has 18 heavy (non-hydrogen) atoms. The minimum atomic E-state index is -2.70. The molecule has 4 nitrogen and oxygen atoms in total. The van der Waals surface area contributed by atoms with Crippen molar-refractivity contribution in [3.63, 3.8) is 0 Å². The summed E-state index contributed by atoms with van der Waals surface area (Å²) in [5, 5.41) is 0. The lowest BCUT2D eigenvalue weighted by Gasteiger charge is -2.11. The van der Waals surface area contributed by atoms with Crippen molar-refractivity contribution in [3.8, 4) is 16.9 Å². The molecule has 0 heterocycles. The van der Waals surface area contributed by atoms with Crippen LogP contribution in [0.15, 0.2) is 48.5 Å². The van der Waals surface area contributed by atoms with Gasteiger partial charge in [-0.25, -0.2) is 4.21 Å². The molecule has 0 amide bonds. The first-order chi connectivity index (χ1) is 8.70. The van der Waals surface area contributed by atoms with Crippen LogP contribution in [0, 0.1) is 0 Å². The number of rotatable bonds is 4. The van der Waals surface area contributed by atoms with Gasteiger partial charge in [0, 0.05) is 0 Å². The van der Waals surface area contributed by atoms with Crippen LogP contribution in [0.5, 0.6) is 5.75 Å². The molecule has 2 aromatic carbocycles. The van der Waals surface area contributed by atoms with Gasteiger partial charge < -0.3 is 8.74 Å². The van der Waals surface area contributed by atoms with E-state index in [0.717, 1.165) is 11.1 Å². The Hall–Kier alpha value is -1.98. The number of aldehydes is 1. The lowest BCUT2D eigenvalue weighted by molar-refractivity contribution is 0.112. The average Bonchev–Trinajstić information content (AvgIpc) is 2.39. The van der Waals surface area contributed by atoms with Crippen molar-refractivity contribution in [2.45, 2.75) is 0 Å². The van der Waals surface area contributed by atoms with Crippen LogP contribution >= 0.6 is 0 Å². The zero-order chi connectivity index (χ0) is 13.0. The summed E-state index contributed by atoms with van der Waals surface area (Å²) in [5.74, 6) is 0.0275. The molecule has 1 atom stereocenters. The minimum absolute atomic E-state index is 0.0275. The molecule has 2 rings (SSSR count). The van der Waals surface area contributed by atoms with Crippen molar-refractivity contribution in [1.29, 1.82) is 0 Å². The second-order valence-corrected chi connectivity index (χ2v) is 4.10. The molecule has 0 saturated carbocycles. The smallest absolute Gasteiger partial charge is 0.153 e. The van der Waals surface area contributed by atoms with E-state index in [0.29, 0.717) is 6.29 Å². The molecule has 92 valence electrons. The monoisotopic (exact) mass is 261 g/mol. The van der Waals surface area contributed by atoms with Gasteiger partial charge in [0.05, 0.1) is 5.56 Å². The molecule has 0 N–H and O–H groups in total. The van der Waals surface area contributed by atoms with Crippen molar-refractivity contribution in [2.24, 2.45) is 0 Å². The van der Waals surface area contributed by atoms with Crippen LogP contribution in [0.3, 0.4) is 0 Å². The van der Waals surface area contributed by atoms with Gasteiger partial charge in [-0.1, -0.05) is 36.4 Å². The number of carbonyl (C=O) groups excluding carboxylic acids is 1. The summed E-state index contributed by atoms with van der Waals surface area (Å²) < 4.78 is 25.7. The van der Waals surface area contributed by atoms with E-state index in [1.807, 2.05) is 30.3 Å². The molecule has 5 heteroatoms. The van der Waals surface area contributed by atoms with Crippen molar-refractivity contribution >= 4 is 17.6 Å². The molecule has 0 spiro atoms.